The first kappa shape index (κ1) is 22.9. The van der Waals surface area contributed by atoms with Gasteiger partial charge in [-0.15, -0.1) is 0 Å². The van der Waals surface area contributed by atoms with Crippen LogP contribution >= 0.6 is 11.3 Å². The molecule has 2 heterocycles. The molecule has 0 aliphatic heterocycles. The Kier molecular flexibility index (Phi) is 6.76. The van der Waals surface area contributed by atoms with E-state index in [0.29, 0.717) is 23.0 Å². The zero-order valence-electron chi connectivity index (χ0n) is 19.7. The van der Waals surface area contributed by atoms with Crippen molar-refractivity contribution in [2.24, 2.45) is 0 Å². The van der Waals surface area contributed by atoms with Crippen molar-refractivity contribution >= 4 is 32.6 Å². The summed E-state index contributed by atoms with van der Waals surface area (Å²) in [5, 5.41) is 5.17. The summed E-state index contributed by atoms with van der Waals surface area (Å²) < 4.78 is 8.36. The normalized spacial score (nSPS) is 11.3. The molecule has 0 aliphatic carbocycles. The summed E-state index contributed by atoms with van der Waals surface area (Å²) in [7, 11) is 5.71. The fraction of sp³-hybridized carbons (Fsp3) is 0.320. The Bertz CT molecular complexity index is 1260. The number of rotatable bonds is 8. The number of aryl methyl sites for hydroxylation is 1. The molecular weight excluding hydrogens is 434 g/mol. The zero-order valence-corrected chi connectivity index (χ0v) is 20.5. The second-order valence-corrected chi connectivity index (χ2v) is 9.24. The third-order valence-corrected chi connectivity index (χ3v) is 6.83. The first-order chi connectivity index (χ1) is 15.9. The molecule has 0 N–H and O–H groups in total. The van der Waals surface area contributed by atoms with Crippen LogP contribution in [-0.4, -0.2) is 59.9 Å². The van der Waals surface area contributed by atoms with Crippen LogP contribution in [0.5, 0.6) is 5.75 Å². The van der Waals surface area contributed by atoms with Crippen LogP contribution in [0.4, 0.5) is 5.13 Å². The number of aromatic nitrogens is 3. The van der Waals surface area contributed by atoms with Crippen molar-refractivity contribution in [1.82, 2.24) is 19.7 Å². The van der Waals surface area contributed by atoms with Crippen molar-refractivity contribution < 1.29 is 9.53 Å². The number of benzene rings is 2. The summed E-state index contributed by atoms with van der Waals surface area (Å²) in [6, 6.07) is 13.8. The lowest BCUT2D eigenvalue weighted by Crippen LogP contribution is -2.33. The van der Waals surface area contributed by atoms with E-state index in [4.69, 9.17) is 9.72 Å². The standard InChI is InChI=1S/C25H29N5O2S/c1-17-12-13-21(32-5)22-23(17)33-25(27-22)29(15-9-14-28(3)4)24(31)20-16-26-30(18(20)2)19-10-7-6-8-11-19/h6-8,10-13,16H,9,14-15H2,1-5H3. The van der Waals surface area contributed by atoms with Crippen LogP contribution in [0.1, 0.15) is 28.0 Å². The van der Waals surface area contributed by atoms with Crippen molar-refractivity contribution in [3.63, 3.8) is 0 Å². The molecule has 0 saturated carbocycles. The number of nitrogens with zero attached hydrogens (tertiary/aromatic N) is 5. The van der Waals surface area contributed by atoms with Gasteiger partial charge in [0.1, 0.15) is 11.3 Å². The number of thiazole rings is 1. The van der Waals surface area contributed by atoms with E-state index in [2.05, 4.69) is 16.9 Å². The highest BCUT2D eigenvalue weighted by atomic mass is 32.1. The summed E-state index contributed by atoms with van der Waals surface area (Å²) in [5.74, 6) is 0.621. The summed E-state index contributed by atoms with van der Waals surface area (Å²) in [6.45, 7) is 5.42. The van der Waals surface area contributed by atoms with E-state index in [1.54, 1.807) is 22.9 Å². The largest absolute Gasteiger partial charge is 0.494 e. The van der Waals surface area contributed by atoms with Gasteiger partial charge in [-0.25, -0.2) is 9.67 Å². The van der Waals surface area contributed by atoms with Crippen LogP contribution in [0.2, 0.25) is 0 Å². The van der Waals surface area contributed by atoms with E-state index in [1.807, 2.05) is 63.5 Å². The van der Waals surface area contributed by atoms with Crippen LogP contribution < -0.4 is 9.64 Å². The summed E-state index contributed by atoms with van der Waals surface area (Å²) in [4.78, 5) is 22.5. The minimum Gasteiger partial charge on any atom is -0.494 e. The first-order valence-electron chi connectivity index (χ1n) is 10.9. The van der Waals surface area contributed by atoms with Crippen molar-refractivity contribution in [2.45, 2.75) is 20.3 Å². The number of carbonyl (C=O) groups is 1. The average molecular weight is 464 g/mol. The summed E-state index contributed by atoms with van der Waals surface area (Å²) in [5.41, 5.74) is 4.21. The molecule has 0 aliphatic rings. The maximum atomic E-state index is 13.8. The number of anilines is 1. The van der Waals surface area contributed by atoms with E-state index < -0.39 is 0 Å². The van der Waals surface area contributed by atoms with Gasteiger partial charge in [0.25, 0.3) is 5.91 Å². The highest BCUT2D eigenvalue weighted by Gasteiger charge is 2.26. The number of methoxy groups -OCH3 is 1. The van der Waals surface area contributed by atoms with E-state index in [1.165, 1.54) is 11.3 Å². The lowest BCUT2D eigenvalue weighted by molar-refractivity contribution is 0.0985. The third-order valence-electron chi connectivity index (χ3n) is 5.62. The Morgan fingerprint density at radius 2 is 1.85 bits per heavy atom. The third kappa shape index (κ3) is 4.62. The van der Waals surface area contributed by atoms with Gasteiger partial charge in [0.05, 0.1) is 35.0 Å². The molecule has 0 radical (unpaired) electrons. The van der Waals surface area contributed by atoms with Gasteiger partial charge in [0.2, 0.25) is 0 Å². The van der Waals surface area contributed by atoms with Crippen LogP contribution in [0.3, 0.4) is 0 Å². The van der Waals surface area contributed by atoms with Crippen LogP contribution in [0.15, 0.2) is 48.7 Å². The van der Waals surface area contributed by atoms with E-state index in [-0.39, 0.29) is 5.91 Å². The summed E-state index contributed by atoms with van der Waals surface area (Å²) in [6.07, 6.45) is 2.49. The molecule has 33 heavy (non-hydrogen) atoms. The lowest BCUT2D eigenvalue weighted by atomic mass is 10.2. The quantitative estimate of drug-likeness (QED) is 0.379. The average Bonchev–Trinajstić information content (AvgIpc) is 3.42. The van der Waals surface area contributed by atoms with Crippen molar-refractivity contribution in [2.75, 3.05) is 39.2 Å². The molecule has 2 aromatic heterocycles. The SMILES string of the molecule is COc1ccc(C)c2sc(N(CCCN(C)C)C(=O)c3cnn(-c4ccccc4)c3C)nc12. The van der Waals surface area contributed by atoms with Gasteiger partial charge in [-0.1, -0.05) is 35.6 Å². The zero-order chi connectivity index (χ0) is 23.5. The smallest absolute Gasteiger partial charge is 0.263 e. The predicted octanol–water partition coefficient (Wildman–Crippen LogP) is 4.71. The number of hydrogen-bond donors (Lipinski definition) is 0. The molecule has 0 atom stereocenters. The number of amides is 1. The molecule has 0 unspecified atom stereocenters. The molecule has 7 nitrogen and oxygen atoms in total. The lowest BCUT2D eigenvalue weighted by Gasteiger charge is -2.21. The highest BCUT2D eigenvalue weighted by Crippen LogP contribution is 2.37. The molecule has 0 saturated heterocycles. The van der Waals surface area contributed by atoms with Crippen LogP contribution in [0.25, 0.3) is 15.9 Å². The number of fused-ring (bicyclic) bond motifs is 1. The predicted molar refractivity (Wildman–Crippen MR) is 134 cm³/mol. The minimum absolute atomic E-state index is 0.0934. The molecule has 0 spiro atoms. The van der Waals surface area contributed by atoms with Crippen molar-refractivity contribution in [3.8, 4) is 11.4 Å². The molecule has 172 valence electrons. The van der Waals surface area contributed by atoms with Gasteiger partial charge >= 0.3 is 0 Å². The molecule has 0 fully saturated rings. The second-order valence-electron chi connectivity index (χ2n) is 8.26. The Labute approximate surface area is 198 Å². The maximum Gasteiger partial charge on any atom is 0.263 e. The Morgan fingerprint density at radius 1 is 1.09 bits per heavy atom. The molecule has 0 bridgehead atoms. The van der Waals surface area contributed by atoms with Gasteiger partial charge in [-0.05, 0) is 64.7 Å². The Hall–Kier alpha value is -3.23. The number of ether oxygens (including phenoxy) is 1. The fourth-order valence-corrected chi connectivity index (χ4v) is 4.88. The van der Waals surface area contributed by atoms with Crippen molar-refractivity contribution in [1.29, 1.82) is 0 Å². The molecule has 4 aromatic rings. The van der Waals surface area contributed by atoms with Gasteiger partial charge in [0, 0.05) is 6.54 Å². The molecular formula is C25H29N5O2S. The van der Waals surface area contributed by atoms with E-state index >= 15 is 0 Å². The Morgan fingerprint density at radius 3 is 2.55 bits per heavy atom. The number of hydrogen-bond acceptors (Lipinski definition) is 6. The van der Waals surface area contributed by atoms with Crippen LogP contribution in [-0.2, 0) is 0 Å². The van der Waals surface area contributed by atoms with Gasteiger partial charge in [0.15, 0.2) is 5.13 Å². The maximum absolute atomic E-state index is 13.8. The number of para-hydroxylation sites is 1. The molecule has 2 aromatic carbocycles. The van der Waals surface area contributed by atoms with E-state index in [0.717, 1.165) is 40.1 Å². The fourth-order valence-electron chi connectivity index (χ4n) is 3.80. The summed E-state index contributed by atoms with van der Waals surface area (Å²) >= 11 is 1.53. The molecule has 4 rings (SSSR count). The molecule has 8 heteroatoms. The number of carbonyl (C=O) groups excluding carboxylic acids is 1. The van der Waals surface area contributed by atoms with Gasteiger partial charge in [-0.3, -0.25) is 9.69 Å². The second kappa shape index (κ2) is 9.72. The van der Waals surface area contributed by atoms with Crippen molar-refractivity contribution in [3.05, 3.63) is 65.5 Å². The molecule has 1 amide bonds. The first-order valence-corrected chi connectivity index (χ1v) is 11.7. The Balaban J connectivity index is 1.74. The minimum atomic E-state index is -0.0934. The highest BCUT2D eigenvalue weighted by molar-refractivity contribution is 7.22. The van der Waals surface area contributed by atoms with Crippen LogP contribution in [0, 0.1) is 13.8 Å². The topological polar surface area (TPSA) is 63.5 Å². The van der Waals surface area contributed by atoms with Gasteiger partial charge in [-0.2, -0.15) is 5.10 Å². The monoisotopic (exact) mass is 463 g/mol. The van der Waals surface area contributed by atoms with E-state index in [9.17, 15) is 4.79 Å². The van der Waals surface area contributed by atoms with Gasteiger partial charge < -0.3 is 9.64 Å².